The van der Waals surface area contributed by atoms with E-state index in [0.717, 1.165) is 18.8 Å². The monoisotopic (exact) mass is 236 g/mol. The summed E-state index contributed by atoms with van der Waals surface area (Å²) in [6.45, 7) is 4.34. The van der Waals surface area contributed by atoms with Gasteiger partial charge in [0.15, 0.2) is 11.9 Å². The van der Waals surface area contributed by atoms with Crippen LogP contribution in [-0.2, 0) is 6.54 Å². The van der Waals surface area contributed by atoms with Crippen LogP contribution in [0, 0.1) is 6.92 Å². The highest BCUT2D eigenvalue weighted by Crippen LogP contribution is 2.10. The number of nitrogens with zero attached hydrogens (tertiary/aromatic N) is 3. The summed E-state index contributed by atoms with van der Waals surface area (Å²) in [7, 11) is 0. The zero-order valence-electron chi connectivity index (χ0n) is 10.4. The molecular weight excluding hydrogens is 216 g/mol. The Morgan fingerprint density at radius 2 is 2.12 bits per heavy atom. The van der Waals surface area contributed by atoms with Crippen LogP contribution >= 0.6 is 0 Å². The Balaban J connectivity index is 1.91. The minimum atomic E-state index is 0.475. The average Bonchev–Trinajstić information content (AvgIpc) is 2.58. The Bertz CT molecular complexity index is 378. The van der Waals surface area contributed by atoms with Crippen LogP contribution in [0.15, 0.2) is 15.6 Å². The molecule has 2 heterocycles. The summed E-state index contributed by atoms with van der Waals surface area (Å²) in [4.78, 5) is 10.6. The van der Waals surface area contributed by atoms with Crippen molar-refractivity contribution < 1.29 is 4.42 Å². The lowest BCUT2D eigenvalue weighted by Crippen LogP contribution is -2.38. The SMILES string of the molecule is Cc1ncc(CN=C(N)N2CCCCCC2)o1. The van der Waals surface area contributed by atoms with Crippen LogP contribution in [0.1, 0.15) is 37.3 Å². The molecule has 17 heavy (non-hydrogen) atoms. The summed E-state index contributed by atoms with van der Waals surface area (Å²) in [5.41, 5.74) is 5.99. The van der Waals surface area contributed by atoms with Gasteiger partial charge in [-0.2, -0.15) is 0 Å². The van der Waals surface area contributed by atoms with E-state index in [0.29, 0.717) is 18.4 Å². The van der Waals surface area contributed by atoms with E-state index in [9.17, 15) is 0 Å². The Labute approximate surface area is 102 Å². The largest absolute Gasteiger partial charge is 0.444 e. The van der Waals surface area contributed by atoms with Gasteiger partial charge in [0.25, 0.3) is 0 Å². The Morgan fingerprint density at radius 1 is 1.41 bits per heavy atom. The van der Waals surface area contributed by atoms with Gasteiger partial charge in [0.2, 0.25) is 0 Å². The Hall–Kier alpha value is -1.52. The molecular formula is C12H20N4O. The normalized spacial score (nSPS) is 18.2. The topological polar surface area (TPSA) is 67.7 Å². The van der Waals surface area contributed by atoms with Crippen molar-refractivity contribution in [3.05, 3.63) is 17.8 Å². The van der Waals surface area contributed by atoms with Gasteiger partial charge in [-0.25, -0.2) is 9.98 Å². The maximum Gasteiger partial charge on any atom is 0.191 e. The molecule has 1 saturated heterocycles. The molecule has 1 aromatic heterocycles. The number of aryl methyl sites for hydroxylation is 1. The summed E-state index contributed by atoms with van der Waals surface area (Å²) >= 11 is 0. The average molecular weight is 236 g/mol. The predicted molar refractivity (Wildman–Crippen MR) is 66.6 cm³/mol. The van der Waals surface area contributed by atoms with Crippen molar-refractivity contribution in [2.75, 3.05) is 13.1 Å². The molecule has 5 nitrogen and oxygen atoms in total. The van der Waals surface area contributed by atoms with Gasteiger partial charge in [-0.1, -0.05) is 12.8 Å². The minimum Gasteiger partial charge on any atom is -0.444 e. The first-order valence-electron chi connectivity index (χ1n) is 6.22. The van der Waals surface area contributed by atoms with Gasteiger partial charge < -0.3 is 15.1 Å². The third kappa shape index (κ3) is 3.47. The Morgan fingerprint density at radius 3 is 2.71 bits per heavy atom. The van der Waals surface area contributed by atoms with Crippen LogP contribution in [-0.4, -0.2) is 28.9 Å². The fourth-order valence-electron chi connectivity index (χ4n) is 2.04. The van der Waals surface area contributed by atoms with Crippen LogP contribution in [0.25, 0.3) is 0 Å². The lowest BCUT2D eigenvalue weighted by molar-refractivity contribution is 0.425. The molecule has 2 rings (SSSR count). The molecule has 5 heteroatoms. The lowest BCUT2D eigenvalue weighted by Gasteiger charge is -2.20. The number of hydrogen-bond donors (Lipinski definition) is 1. The first kappa shape index (κ1) is 12.0. The highest BCUT2D eigenvalue weighted by atomic mass is 16.4. The van der Waals surface area contributed by atoms with E-state index in [2.05, 4.69) is 14.9 Å². The van der Waals surface area contributed by atoms with Crippen molar-refractivity contribution in [3.8, 4) is 0 Å². The first-order valence-corrected chi connectivity index (χ1v) is 6.22. The summed E-state index contributed by atoms with van der Waals surface area (Å²) in [5.74, 6) is 2.06. The molecule has 2 N–H and O–H groups in total. The van der Waals surface area contributed by atoms with Crippen LogP contribution in [0.3, 0.4) is 0 Å². The van der Waals surface area contributed by atoms with E-state index in [1.807, 2.05) is 6.92 Å². The summed E-state index contributed by atoms with van der Waals surface area (Å²) in [5, 5.41) is 0. The van der Waals surface area contributed by atoms with Gasteiger partial charge in [0, 0.05) is 20.0 Å². The lowest BCUT2D eigenvalue weighted by atomic mass is 10.2. The van der Waals surface area contributed by atoms with E-state index >= 15 is 0 Å². The number of guanidine groups is 1. The van der Waals surface area contributed by atoms with Gasteiger partial charge in [0.05, 0.1) is 6.20 Å². The third-order valence-electron chi connectivity index (χ3n) is 3.00. The maximum absolute atomic E-state index is 5.99. The molecule has 0 spiro atoms. The molecule has 0 saturated carbocycles. The van der Waals surface area contributed by atoms with E-state index in [1.54, 1.807) is 6.20 Å². The summed E-state index contributed by atoms with van der Waals surface area (Å²) in [6, 6.07) is 0. The fraction of sp³-hybridized carbons (Fsp3) is 0.667. The molecule has 1 aliphatic rings. The van der Waals surface area contributed by atoms with Crippen molar-refractivity contribution in [3.63, 3.8) is 0 Å². The van der Waals surface area contributed by atoms with E-state index < -0.39 is 0 Å². The molecule has 94 valence electrons. The quantitative estimate of drug-likeness (QED) is 0.626. The standard InChI is InChI=1S/C12H20N4O/c1-10-14-8-11(17-10)9-15-12(13)16-6-4-2-3-5-7-16/h8H,2-7,9H2,1H3,(H2,13,15). The van der Waals surface area contributed by atoms with Gasteiger partial charge in [0.1, 0.15) is 12.3 Å². The Kier molecular flexibility index (Phi) is 4.01. The summed E-state index contributed by atoms with van der Waals surface area (Å²) < 4.78 is 5.35. The second kappa shape index (κ2) is 5.70. The molecule has 0 amide bonds. The number of aliphatic imine (C=N–C) groups is 1. The second-order valence-electron chi connectivity index (χ2n) is 4.42. The molecule has 1 aliphatic heterocycles. The molecule has 0 atom stereocenters. The van der Waals surface area contributed by atoms with Crippen LogP contribution in [0.2, 0.25) is 0 Å². The zero-order valence-corrected chi connectivity index (χ0v) is 10.4. The highest BCUT2D eigenvalue weighted by molar-refractivity contribution is 5.78. The molecule has 0 aromatic carbocycles. The minimum absolute atomic E-state index is 0.475. The van der Waals surface area contributed by atoms with Gasteiger partial charge in [-0.05, 0) is 12.8 Å². The van der Waals surface area contributed by atoms with Gasteiger partial charge >= 0.3 is 0 Å². The van der Waals surface area contributed by atoms with Crippen LogP contribution in [0.4, 0.5) is 0 Å². The highest BCUT2D eigenvalue weighted by Gasteiger charge is 2.10. The molecule has 0 unspecified atom stereocenters. The summed E-state index contributed by atoms with van der Waals surface area (Å²) in [6.07, 6.45) is 6.71. The van der Waals surface area contributed by atoms with Crippen LogP contribution in [0.5, 0.6) is 0 Å². The van der Waals surface area contributed by atoms with Gasteiger partial charge in [-0.15, -0.1) is 0 Å². The number of hydrogen-bond acceptors (Lipinski definition) is 3. The van der Waals surface area contributed by atoms with E-state index in [-0.39, 0.29) is 0 Å². The number of oxazole rings is 1. The van der Waals surface area contributed by atoms with Crippen molar-refractivity contribution in [2.45, 2.75) is 39.2 Å². The molecule has 1 fully saturated rings. The first-order chi connectivity index (χ1) is 8.25. The van der Waals surface area contributed by atoms with Crippen molar-refractivity contribution >= 4 is 5.96 Å². The maximum atomic E-state index is 5.99. The van der Waals surface area contributed by atoms with E-state index in [4.69, 9.17) is 10.2 Å². The second-order valence-corrected chi connectivity index (χ2v) is 4.42. The number of aromatic nitrogens is 1. The number of likely N-dealkylation sites (tertiary alicyclic amines) is 1. The zero-order chi connectivity index (χ0) is 12.1. The fourth-order valence-corrected chi connectivity index (χ4v) is 2.04. The molecule has 0 aliphatic carbocycles. The third-order valence-corrected chi connectivity index (χ3v) is 3.00. The molecule has 0 bridgehead atoms. The smallest absolute Gasteiger partial charge is 0.191 e. The molecule has 0 radical (unpaired) electrons. The van der Waals surface area contributed by atoms with Crippen molar-refractivity contribution in [2.24, 2.45) is 10.7 Å². The molecule has 1 aromatic rings. The van der Waals surface area contributed by atoms with Crippen molar-refractivity contribution in [1.82, 2.24) is 9.88 Å². The number of rotatable bonds is 2. The van der Waals surface area contributed by atoms with E-state index in [1.165, 1.54) is 25.7 Å². The van der Waals surface area contributed by atoms with Gasteiger partial charge in [-0.3, -0.25) is 0 Å². The predicted octanol–water partition coefficient (Wildman–Crippen LogP) is 1.67. The van der Waals surface area contributed by atoms with Crippen LogP contribution < -0.4 is 5.73 Å². The van der Waals surface area contributed by atoms with Crippen molar-refractivity contribution in [1.29, 1.82) is 0 Å². The number of nitrogens with two attached hydrogens (primary N) is 1.